The third-order valence-corrected chi connectivity index (χ3v) is 19.0. The zero-order valence-electron chi connectivity index (χ0n) is 70.4. The fourth-order valence-electron chi connectivity index (χ4n) is 10.4. The van der Waals surface area contributed by atoms with Gasteiger partial charge >= 0.3 is 44.6 Å². The molecule has 133 heavy (non-hydrogen) atoms. The number of aromatic hydroxyl groups is 2. The third kappa shape index (κ3) is 35.2. The van der Waals surface area contributed by atoms with Gasteiger partial charge < -0.3 is 107 Å². The van der Waals surface area contributed by atoms with Crippen molar-refractivity contribution in [2.45, 2.75) is 142 Å². The van der Waals surface area contributed by atoms with Crippen molar-refractivity contribution >= 4 is 134 Å². The average Bonchev–Trinajstić information content (AvgIpc) is 1.64. The van der Waals surface area contributed by atoms with Crippen molar-refractivity contribution in [1.29, 1.82) is 0 Å². The van der Waals surface area contributed by atoms with E-state index in [0.29, 0.717) is 95.7 Å². The molecule has 2 radical (unpaired) electrons. The largest absolute Gasteiger partial charge is 0.573 e. The van der Waals surface area contributed by atoms with Crippen molar-refractivity contribution in [3.63, 3.8) is 0 Å². The van der Waals surface area contributed by atoms with Gasteiger partial charge in [-0.15, -0.1) is 39.5 Å². The summed E-state index contributed by atoms with van der Waals surface area (Å²) >= 11 is 12.3. The van der Waals surface area contributed by atoms with Crippen LogP contribution in [-0.2, 0) is 74.7 Å². The molecule has 1 aliphatic rings. The number of alkyl halides is 9. The minimum atomic E-state index is -4.79. The van der Waals surface area contributed by atoms with Gasteiger partial charge in [-0.2, -0.15) is 10.2 Å². The third-order valence-electron chi connectivity index (χ3n) is 16.6. The first-order valence-corrected chi connectivity index (χ1v) is 39.0. The van der Waals surface area contributed by atoms with E-state index >= 15 is 0 Å². The van der Waals surface area contributed by atoms with Gasteiger partial charge in [0.15, 0.2) is 56.7 Å². The Kier molecular flexibility index (Phi) is 49.9. The van der Waals surface area contributed by atoms with Crippen LogP contribution in [0.25, 0.3) is 55.8 Å². The van der Waals surface area contributed by atoms with Gasteiger partial charge in [-0.3, -0.25) is 52.6 Å². The molecule has 13 aromatic rings. The van der Waals surface area contributed by atoms with E-state index in [0.717, 1.165) is 60.2 Å². The van der Waals surface area contributed by atoms with Gasteiger partial charge in [0.25, 0.3) is 28.2 Å². The number of hydrogen-bond donors (Lipinski definition) is 8. The van der Waals surface area contributed by atoms with Crippen molar-refractivity contribution in [3.05, 3.63) is 241 Å². The molecule has 3 aromatic carbocycles. The van der Waals surface area contributed by atoms with Crippen molar-refractivity contribution in [1.82, 2.24) is 58.6 Å². The number of nitro groups is 1. The average molecular weight is 2220 g/mol. The number of nitrogen functional groups attached to an aromatic ring is 1. The van der Waals surface area contributed by atoms with E-state index in [1.807, 2.05) is 61.7 Å². The molecule has 728 valence electrons. The van der Waals surface area contributed by atoms with Gasteiger partial charge in [0.1, 0.15) is 22.9 Å². The summed E-state index contributed by atoms with van der Waals surface area (Å²) < 4.78 is 171. The number of benzene rings is 3. The summed E-state index contributed by atoms with van der Waals surface area (Å²) in [7, 11) is 1.63. The van der Waals surface area contributed by atoms with Crippen molar-refractivity contribution < 1.29 is 153 Å². The number of aromatic nitrogens is 12. The van der Waals surface area contributed by atoms with Gasteiger partial charge in [-0.25, -0.2) is 15.0 Å². The van der Waals surface area contributed by atoms with Crippen LogP contribution < -0.4 is 58.7 Å². The van der Waals surface area contributed by atoms with Crippen LogP contribution >= 0.6 is 63.7 Å². The van der Waals surface area contributed by atoms with Crippen LogP contribution in [0.3, 0.4) is 0 Å². The minimum Gasteiger partial charge on any atom is -0.504 e. The fraction of sp³-hybridized carbons (Fsp3) is 0.325. The molecule has 0 aliphatic carbocycles. The van der Waals surface area contributed by atoms with E-state index in [1.165, 1.54) is 52.0 Å². The molecule has 0 bridgehead atoms. The molecule has 11 heterocycles. The molecule has 0 amide bonds. The topological polar surface area (TPSA) is 480 Å². The summed E-state index contributed by atoms with van der Waals surface area (Å²) in [6.07, 6.45) is -0.219. The van der Waals surface area contributed by atoms with Crippen molar-refractivity contribution in [3.8, 4) is 51.2 Å². The zero-order valence-corrected chi connectivity index (χ0v) is 79.5. The quantitative estimate of drug-likeness (QED) is 0.0118. The smallest absolute Gasteiger partial charge is 0.504 e. The molecule has 9 N–H and O–H groups in total. The van der Waals surface area contributed by atoms with Gasteiger partial charge in [0, 0.05) is 176 Å². The number of fused-ring (bicyclic) bond motifs is 3. The number of nitrogens with zero attached hydrogens (tertiary/aromatic N) is 10. The number of nitrogens with two attached hydrogens (primary N) is 1. The first kappa shape index (κ1) is 125. The Bertz CT molecular complexity index is 6160. The number of rotatable bonds is 15. The number of H-pyrrole nitrogens is 3. The van der Waals surface area contributed by atoms with Crippen LogP contribution in [0.1, 0.15) is 103 Å². The molecule has 0 unspecified atom stereocenters. The summed E-state index contributed by atoms with van der Waals surface area (Å²) in [5.41, 5.74) is 5.82. The van der Waals surface area contributed by atoms with Crippen LogP contribution in [0.2, 0.25) is 0 Å². The Morgan fingerprint density at radius 3 is 1.26 bits per heavy atom. The number of oxazole rings is 3. The van der Waals surface area contributed by atoms with Gasteiger partial charge in [0.2, 0.25) is 5.75 Å². The normalized spacial score (nSPS) is 12.0. The second kappa shape index (κ2) is 53.2. The monoisotopic (exact) mass is 2220 g/mol. The predicted molar refractivity (Wildman–Crippen MR) is 488 cm³/mol. The summed E-state index contributed by atoms with van der Waals surface area (Å²) in [5.74, 6) is -1.73. The van der Waals surface area contributed by atoms with Crippen LogP contribution in [0.15, 0.2) is 184 Å². The second-order valence-corrected chi connectivity index (χ2v) is 29.8. The first-order chi connectivity index (χ1) is 58.2. The van der Waals surface area contributed by atoms with E-state index in [2.05, 4.69) is 118 Å². The van der Waals surface area contributed by atoms with Crippen LogP contribution in [0.4, 0.5) is 50.9 Å². The Labute approximate surface area is 813 Å². The zero-order chi connectivity index (χ0) is 93.3. The molecule has 36 nitrogen and oxygen atoms in total. The molecule has 53 heteroatoms. The molecule has 0 saturated carbocycles. The van der Waals surface area contributed by atoms with E-state index < -0.39 is 76.5 Å². The number of anilines is 1. The minimum absolute atomic E-state index is 0. The molecular formula is C80H97B2Br4F9N14O22V2-2. The number of ether oxygens (including phenoxy) is 6. The standard InChI is InChI=1S/C18H13F3N4O3.C14H8BrF3N2O3.C10H17BN2O2.C8H18O3.C7H6BF3O3.C7H5BrN2O2.C5H3BrN2O4.C5H5BrN2O2.4CH4.2CH3.2V/c1-10-23-15-16(27-10)14(11-7-22-24(2)8-11)9-25(17(15)26)12-3-5-13(6-4-12)28-18(19,20)21;1-7-19-11-12(22-7)10(15)6-20(13(11)21)8-2-4-9(5-3-8)23-14(16,17)18;1-9(2)10(3,4)15-11(14-9)8-6-12-13(5)7-8;1-5-9-8(4,10-6-2)11-7-3;9-7(10,11)14-6-3-1-5(2-4-6)8(12)13;1-3-10-5-6(12-3)4(8)2-9-7(5)11;6-2-1-7-5(10)3(4(2)9)8(11)12;6-2-1-8-5(10)3(7)4(2)9;;;;;;;;/h3-9H,1-2H3;2-6H,1H3;6-7H,1-5H3;5-7H2,1-4H3;1-4,12-13H;2H,1H3,(H,9,11);1H,(H2,7,9,10);1H,7H2,(H2,8,9,10);4*1H4;2*1H3;;/q;;;;;;;;;;;;2*-1;;. The Morgan fingerprint density at radius 2 is 0.895 bits per heavy atom. The number of halogens is 13. The molecule has 1 saturated heterocycles. The summed E-state index contributed by atoms with van der Waals surface area (Å²) in [5, 5.41) is 53.7. The number of hydrogen-bond acceptors (Lipinski definition) is 28. The van der Waals surface area contributed by atoms with E-state index in [-0.39, 0.29) is 149 Å². The molecule has 0 spiro atoms. The molecule has 0 atom stereocenters. The Morgan fingerprint density at radius 1 is 0.534 bits per heavy atom. The molecule has 14 rings (SSSR count). The maximum Gasteiger partial charge on any atom is 0.573 e. The summed E-state index contributed by atoms with van der Waals surface area (Å²) in [4.78, 5) is 86.1. The van der Waals surface area contributed by atoms with Gasteiger partial charge in [-0.1, -0.05) is 41.8 Å². The van der Waals surface area contributed by atoms with Crippen molar-refractivity contribution in [2.75, 3.05) is 25.6 Å². The first-order valence-electron chi connectivity index (χ1n) is 35.8. The SMILES string of the molecule is C.C.C.C.CCOC(C)(OCC)OCC.Cc1nc2c(=O)[nH]cc(Br)c2o1.Cc1nc2c(=O)n(-c3ccc(OC(F)(F)F)cc3)cc(-c3cnn(C)c3)c2o1.Cc1nc2c(=O)n(-c3ccc(OC(F)(F)F)cc3)cc(Br)c2o1.Cn1cc(B2OC(C)(C)C(C)(C)O2)cn1.Nc1c(O)c(Br)c[nH]c1=O.O=c1[nH]cc(Br)c(O)c1[N+](=O)[O-].OB(O)c1ccc(OC(F)(F)F)cc1.[CH3-].[CH3-].[V].[V]. The summed E-state index contributed by atoms with van der Waals surface area (Å²) in [6, 6.07) is 14.2. The Hall–Kier alpha value is -10.3. The molecular weight excluding hydrogens is 2120 g/mol. The number of nitrogens with one attached hydrogen (secondary N) is 3. The van der Waals surface area contributed by atoms with E-state index in [1.54, 1.807) is 68.9 Å². The summed E-state index contributed by atoms with van der Waals surface area (Å²) in [6.45, 7) is 22.4. The van der Waals surface area contributed by atoms with E-state index in [9.17, 15) is 73.6 Å². The molecule has 1 fully saturated rings. The number of aromatic amines is 3. The van der Waals surface area contributed by atoms with Gasteiger partial charge in [0.05, 0.1) is 40.2 Å². The molecule has 10 aromatic heterocycles. The van der Waals surface area contributed by atoms with Gasteiger partial charge in [-0.05, 0) is 178 Å². The predicted octanol–water partition coefficient (Wildman–Crippen LogP) is 16.5. The Balaban J connectivity index is 0. The van der Waals surface area contributed by atoms with Crippen molar-refractivity contribution in [2.24, 2.45) is 14.1 Å². The van der Waals surface area contributed by atoms with Crippen LogP contribution in [-0.4, -0.2) is 154 Å². The fourth-order valence-corrected chi connectivity index (χ4v) is 11.9. The van der Waals surface area contributed by atoms with Crippen LogP contribution in [0.5, 0.6) is 28.7 Å². The number of pyridine rings is 5. The van der Waals surface area contributed by atoms with E-state index in [4.69, 9.17) is 62.8 Å². The maximum absolute atomic E-state index is 12.9. The van der Waals surface area contributed by atoms with Crippen LogP contribution in [0, 0.1) is 45.7 Å². The second-order valence-electron chi connectivity index (χ2n) is 26.4. The number of aryl methyl sites for hydroxylation is 5. The maximum atomic E-state index is 12.9. The molecule has 1 aliphatic heterocycles.